The van der Waals surface area contributed by atoms with E-state index in [0.29, 0.717) is 23.2 Å². The first-order chi connectivity index (χ1) is 16.5. The van der Waals surface area contributed by atoms with Crippen LogP contribution < -0.4 is 5.32 Å². The first-order valence-electron chi connectivity index (χ1n) is 10.8. The van der Waals surface area contributed by atoms with Crippen molar-refractivity contribution in [3.63, 3.8) is 0 Å². The maximum Gasteiger partial charge on any atom is 0.335 e. The third kappa shape index (κ3) is 4.41. The molecular weight excluding hydrogens is 446 g/mol. The summed E-state index contributed by atoms with van der Waals surface area (Å²) in [6, 6.07) is 25.5. The van der Waals surface area contributed by atoms with Crippen molar-refractivity contribution in [2.45, 2.75) is 12.6 Å². The highest BCUT2D eigenvalue weighted by Crippen LogP contribution is 2.27. The molecule has 0 spiro atoms. The Bertz CT molecular complexity index is 1520. The zero-order valence-corrected chi connectivity index (χ0v) is 18.9. The molecule has 5 aromatic rings. The van der Waals surface area contributed by atoms with Crippen LogP contribution in [0.15, 0.2) is 90.3 Å². The van der Waals surface area contributed by atoms with Gasteiger partial charge in [0.1, 0.15) is 6.10 Å². The molecule has 1 unspecified atom stereocenters. The van der Waals surface area contributed by atoms with E-state index in [2.05, 4.69) is 28.9 Å². The Morgan fingerprint density at radius 2 is 1.50 bits per heavy atom. The number of hydrogen-bond donors (Lipinski definition) is 3. The molecule has 3 N–H and O–H groups in total. The number of carbonyl (C=O) groups is 2. The van der Waals surface area contributed by atoms with Gasteiger partial charge in [-0.2, -0.15) is 0 Å². The fourth-order valence-corrected chi connectivity index (χ4v) is 4.76. The first-order valence-corrected chi connectivity index (χ1v) is 11.7. The number of amides is 1. The van der Waals surface area contributed by atoms with Crippen molar-refractivity contribution in [1.82, 2.24) is 5.32 Å². The van der Waals surface area contributed by atoms with E-state index in [1.165, 1.54) is 22.2 Å². The number of aromatic carboxylic acids is 1. The van der Waals surface area contributed by atoms with Gasteiger partial charge in [-0.05, 0) is 86.8 Å². The molecule has 0 radical (unpaired) electrons. The van der Waals surface area contributed by atoms with Crippen LogP contribution in [-0.4, -0.2) is 22.1 Å². The number of benzene rings is 4. The molecule has 1 atom stereocenters. The fourth-order valence-electron chi connectivity index (χ4n) is 3.99. The summed E-state index contributed by atoms with van der Waals surface area (Å²) in [7, 11) is 0. The smallest absolute Gasteiger partial charge is 0.335 e. The molecule has 1 aromatic heterocycles. The molecule has 0 bridgehead atoms. The number of carbonyl (C=O) groups excluding carboxylic acids is 1. The van der Waals surface area contributed by atoms with Gasteiger partial charge in [-0.15, -0.1) is 11.3 Å². The van der Waals surface area contributed by atoms with Gasteiger partial charge in [0.25, 0.3) is 5.91 Å². The molecule has 0 saturated carbocycles. The molecule has 1 amide bonds. The lowest BCUT2D eigenvalue weighted by Crippen LogP contribution is -2.22. The fraction of sp³-hybridized carbons (Fsp3) is 0.0714. The monoisotopic (exact) mass is 467 g/mol. The minimum absolute atomic E-state index is 0.164. The van der Waals surface area contributed by atoms with E-state index in [-0.39, 0.29) is 11.5 Å². The SMILES string of the molecule is O=C(O)c1ccc(C(O)c2ccc3ccc(C(=O)NCc4ccc5sccc5c4)cc3c2)cc1. The minimum atomic E-state index is -1.01. The molecule has 0 aliphatic heterocycles. The van der Waals surface area contributed by atoms with Crippen molar-refractivity contribution in [2.24, 2.45) is 0 Å². The second-order valence-electron chi connectivity index (χ2n) is 8.13. The van der Waals surface area contributed by atoms with E-state index in [0.717, 1.165) is 16.3 Å². The van der Waals surface area contributed by atoms with Gasteiger partial charge in [-0.25, -0.2) is 4.79 Å². The third-order valence-electron chi connectivity index (χ3n) is 5.89. The number of carboxylic acid groups (broad SMARTS) is 1. The highest BCUT2D eigenvalue weighted by atomic mass is 32.1. The second-order valence-corrected chi connectivity index (χ2v) is 9.07. The molecule has 1 heterocycles. The van der Waals surface area contributed by atoms with Gasteiger partial charge in [0.15, 0.2) is 0 Å². The van der Waals surface area contributed by atoms with Gasteiger partial charge < -0.3 is 15.5 Å². The summed E-state index contributed by atoms with van der Waals surface area (Å²) in [6.45, 7) is 0.438. The molecule has 6 heteroatoms. The Hall–Kier alpha value is -4.00. The molecule has 0 fully saturated rings. The normalized spacial score (nSPS) is 12.0. The summed E-state index contributed by atoms with van der Waals surface area (Å²) < 4.78 is 1.22. The Labute approximate surface area is 199 Å². The molecule has 0 saturated heterocycles. The minimum Gasteiger partial charge on any atom is -0.478 e. The summed E-state index contributed by atoms with van der Waals surface area (Å²) in [6.07, 6.45) is -0.906. The van der Waals surface area contributed by atoms with Gasteiger partial charge in [-0.1, -0.05) is 36.4 Å². The van der Waals surface area contributed by atoms with Crippen LogP contribution in [0.1, 0.15) is 43.5 Å². The van der Waals surface area contributed by atoms with Crippen LogP contribution in [0.4, 0.5) is 0 Å². The number of carboxylic acids is 1. The largest absolute Gasteiger partial charge is 0.478 e. The molecular formula is C28H21NO4S. The molecule has 4 aromatic carbocycles. The number of rotatable bonds is 6. The van der Waals surface area contributed by atoms with Crippen LogP contribution in [0.2, 0.25) is 0 Å². The van der Waals surface area contributed by atoms with Crippen molar-refractivity contribution in [2.75, 3.05) is 0 Å². The average molecular weight is 468 g/mol. The van der Waals surface area contributed by atoms with Crippen molar-refractivity contribution >= 4 is 44.1 Å². The van der Waals surface area contributed by atoms with Gasteiger partial charge in [0, 0.05) is 16.8 Å². The predicted molar refractivity (Wildman–Crippen MR) is 134 cm³/mol. The molecule has 34 heavy (non-hydrogen) atoms. The zero-order chi connectivity index (χ0) is 23.7. The van der Waals surface area contributed by atoms with Gasteiger partial charge >= 0.3 is 5.97 Å². The summed E-state index contributed by atoms with van der Waals surface area (Å²) in [5, 5.41) is 27.9. The van der Waals surface area contributed by atoms with Crippen molar-refractivity contribution < 1.29 is 19.8 Å². The molecule has 5 nitrogen and oxygen atoms in total. The number of thiophene rings is 1. The number of aliphatic hydroxyl groups is 1. The van der Waals surface area contributed by atoms with E-state index < -0.39 is 12.1 Å². The summed E-state index contributed by atoms with van der Waals surface area (Å²) in [5.41, 5.74) is 3.01. The zero-order valence-electron chi connectivity index (χ0n) is 18.1. The van der Waals surface area contributed by atoms with Crippen LogP contribution in [0, 0.1) is 0 Å². The van der Waals surface area contributed by atoms with E-state index in [1.807, 2.05) is 36.4 Å². The highest BCUT2D eigenvalue weighted by molar-refractivity contribution is 7.17. The summed E-state index contributed by atoms with van der Waals surface area (Å²) in [5.74, 6) is -1.17. The maximum atomic E-state index is 12.8. The Balaban J connectivity index is 1.34. The van der Waals surface area contributed by atoms with Crippen LogP contribution in [-0.2, 0) is 6.54 Å². The number of aliphatic hydroxyl groups excluding tert-OH is 1. The molecule has 0 aliphatic carbocycles. The predicted octanol–water partition coefficient (Wildman–Crippen LogP) is 5.76. The Morgan fingerprint density at radius 3 is 2.29 bits per heavy atom. The van der Waals surface area contributed by atoms with Crippen molar-refractivity contribution in [3.05, 3.63) is 118 Å². The Morgan fingerprint density at radius 1 is 0.765 bits per heavy atom. The standard InChI is InChI=1S/C28H21NO4S/c30-26(19-4-6-20(7-5-19)28(32)33)22-8-2-18-3-9-23(15-24(18)14-22)27(31)29-16-17-1-10-25-21(13-17)11-12-34-25/h1-15,26,30H,16H2,(H,29,31)(H,32,33). The number of fused-ring (bicyclic) bond motifs is 2. The van der Waals surface area contributed by atoms with E-state index >= 15 is 0 Å². The van der Waals surface area contributed by atoms with E-state index in [9.17, 15) is 14.7 Å². The van der Waals surface area contributed by atoms with Gasteiger partial charge in [-0.3, -0.25) is 4.79 Å². The van der Waals surface area contributed by atoms with Crippen LogP contribution in [0.5, 0.6) is 0 Å². The Kier molecular flexibility index (Phi) is 5.84. The molecule has 5 rings (SSSR count). The highest BCUT2D eigenvalue weighted by Gasteiger charge is 2.13. The average Bonchev–Trinajstić information content (AvgIpc) is 3.34. The lowest BCUT2D eigenvalue weighted by molar-refractivity contribution is 0.0696. The molecule has 0 aliphatic rings. The van der Waals surface area contributed by atoms with Gasteiger partial charge in [0.05, 0.1) is 5.56 Å². The lowest BCUT2D eigenvalue weighted by atomic mass is 9.97. The van der Waals surface area contributed by atoms with E-state index in [1.54, 1.807) is 29.5 Å². The lowest BCUT2D eigenvalue weighted by Gasteiger charge is -2.13. The van der Waals surface area contributed by atoms with Crippen LogP contribution in [0.3, 0.4) is 0 Å². The van der Waals surface area contributed by atoms with Gasteiger partial charge in [0.2, 0.25) is 0 Å². The van der Waals surface area contributed by atoms with Crippen molar-refractivity contribution in [1.29, 1.82) is 0 Å². The van der Waals surface area contributed by atoms with E-state index in [4.69, 9.17) is 5.11 Å². The van der Waals surface area contributed by atoms with Crippen molar-refractivity contribution in [3.8, 4) is 0 Å². The topological polar surface area (TPSA) is 86.6 Å². The maximum absolute atomic E-state index is 12.8. The number of nitrogens with one attached hydrogen (secondary N) is 1. The summed E-state index contributed by atoms with van der Waals surface area (Å²) in [4.78, 5) is 23.9. The molecule has 168 valence electrons. The third-order valence-corrected chi connectivity index (χ3v) is 6.78. The quantitative estimate of drug-likeness (QED) is 0.296. The van der Waals surface area contributed by atoms with Crippen LogP contribution >= 0.6 is 11.3 Å². The summed E-state index contributed by atoms with van der Waals surface area (Å²) >= 11 is 1.69. The second kappa shape index (κ2) is 9.09. The first kappa shape index (κ1) is 21.8. The van der Waals surface area contributed by atoms with Crippen LogP contribution in [0.25, 0.3) is 20.9 Å². The number of hydrogen-bond acceptors (Lipinski definition) is 4.